The molecule has 4 rings (SSSR count). The molecule has 0 saturated carbocycles. The molecule has 4 aromatic rings. The van der Waals surface area contributed by atoms with Crippen molar-refractivity contribution in [2.24, 2.45) is 11.7 Å². The summed E-state index contributed by atoms with van der Waals surface area (Å²) in [5.41, 5.74) is 6.66. The van der Waals surface area contributed by atoms with Crippen LogP contribution in [0.1, 0.15) is 185 Å². The number of hydrazine groups is 4. The Balaban J connectivity index is 0.000000424. The summed E-state index contributed by atoms with van der Waals surface area (Å²) in [5.74, 6) is -1.42. The summed E-state index contributed by atoms with van der Waals surface area (Å²) in [5, 5.41) is 41.7. The maximum absolute atomic E-state index is 13.2. The molecule has 424 valence electrons. The van der Waals surface area contributed by atoms with E-state index in [1.165, 1.54) is 92.8 Å². The van der Waals surface area contributed by atoms with E-state index in [0.29, 0.717) is 35.8 Å². The number of nitrogens with two attached hydrogens (primary N) is 2. The highest BCUT2D eigenvalue weighted by molar-refractivity contribution is 6.39. The van der Waals surface area contributed by atoms with Crippen LogP contribution in [-0.4, -0.2) is 90.9 Å². The van der Waals surface area contributed by atoms with Crippen molar-refractivity contribution in [2.75, 3.05) is 13.2 Å². The second kappa shape index (κ2) is 30.5. The molecule has 0 saturated heterocycles. The Hall–Kier alpha value is -8.24. The van der Waals surface area contributed by atoms with Crippen molar-refractivity contribution in [1.82, 2.24) is 31.7 Å². The van der Waals surface area contributed by atoms with Gasteiger partial charge in [-0.2, -0.15) is 10.0 Å². The van der Waals surface area contributed by atoms with Crippen LogP contribution in [0.2, 0.25) is 0 Å². The molecule has 12 N–H and O–H groups in total. The number of phenolic OH excluding ortho intramolecular Hbond substituents is 4. The van der Waals surface area contributed by atoms with Crippen molar-refractivity contribution in [3.63, 3.8) is 0 Å². The molecule has 22 heteroatoms. The second-order valence-electron chi connectivity index (χ2n) is 20.3. The summed E-state index contributed by atoms with van der Waals surface area (Å²) in [6.45, 7) is 16.5. The number of phenols is 4. The van der Waals surface area contributed by atoms with Gasteiger partial charge >= 0.3 is 23.6 Å². The van der Waals surface area contributed by atoms with E-state index in [1.54, 1.807) is 23.0 Å². The van der Waals surface area contributed by atoms with Crippen molar-refractivity contribution in [2.45, 2.75) is 143 Å². The first-order valence-electron chi connectivity index (χ1n) is 25.8. The summed E-state index contributed by atoms with van der Waals surface area (Å²) in [6.07, 6.45) is 13.0. The van der Waals surface area contributed by atoms with Crippen molar-refractivity contribution >= 4 is 47.3 Å². The predicted molar refractivity (Wildman–Crippen MR) is 290 cm³/mol. The van der Waals surface area contributed by atoms with Crippen LogP contribution >= 0.6 is 0 Å². The van der Waals surface area contributed by atoms with E-state index < -0.39 is 81.2 Å². The van der Waals surface area contributed by atoms with Gasteiger partial charge in [-0.15, -0.1) is 0 Å². The van der Waals surface area contributed by atoms with Gasteiger partial charge in [-0.05, 0) is 83.3 Å². The lowest BCUT2D eigenvalue weighted by Gasteiger charge is -2.24. The minimum atomic E-state index is -1.52. The monoisotopic (exact) mass is 1080 g/mol. The summed E-state index contributed by atoms with van der Waals surface area (Å²) in [4.78, 5) is 102. The molecule has 0 aliphatic rings. The highest BCUT2D eigenvalue weighted by atomic mass is 16.5. The average Bonchev–Trinajstić information content (AvgIpc) is 3.42. The minimum Gasteiger partial charge on any atom is -0.507 e. The Bertz CT molecular complexity index is 2750. The van der Waals surface area contributed by atoms with Gasteiger partial charge in [-0.3, -0.25) is 60.1 Å². The number of nitrogens with one attached hydrogen (secondary N) is 4. The number of benzene rings is 4. The molecule has 0 bridgehead atoms. The molecule has 0 aliphatic carbocycles. The Morgan fingerprint density at radius 1 is 0.449 bits per heavy atom. The standard InChI is InChI=1S/C32H46N4O8.C24H30N4O6/c1-3-5-7-9-11-13-19-43-23-15-17-25(27(37)21-23)29(39)35-36(32(42)30(40)34-33)31(41)26-18-16-24(22-28(26)38)44-20-14-12-10-8-6-4-2;1-23(2,3)13-7-9-17(29)15(11-13)19(31)27-28(22(34)20(32)26-25)21(33)16-12-14(24(4,5)6)8-10-18(16)30/h15-18,21-22,37-38H,3-14,19-20,33H2,1-2H3,(H,34,40)(H,35,39);7-12,29-30H,25H2,1-6H3,(H,26,32)(H,27,31). The van der Waals surface area contributed by atoms with Crippen molar-refractivity contribution in [3.8, 4) is 34.5 Å². The normalized spacial score (nSPS) is 11.0. The third kappa shape index (κ3) is 19.1. The van der Waals surface area contributed by atoms with Crippen LogP contribution in [0.4, 0.5) is 0 Å². The van der Waals surface area contributed by atoms with Gasteiger partial charge in [-0.25, -0.2) is 11.7 Å². The third-order valence-corrected chi connectivity index (χ3v) is 12.0. The average molecular weight is 1090 g/mol. The maximum Gasteiger partial charge on any atom is 0.339 e. The fraction of sp³-hybridized carbons (Fsp3) is 0.429. The third-order valence-electron chi connectivity index (χ3n) is 12.0. The number of carbonyl (C=O) groups is 8. The zero-order valence-electron chi connectivity index (χ0n) is 45.7. The lowest BCUT2D eigenvalue weighted by molar-refractivity contribution is -0.145. The number of aromatic hydroxyl groups is 4. The summed E-state index contributed by atoms with van der Waals surface area (Å²) >= 11 is 0. The molecular formula is C56H76N8O14. The number of hydrogen-bond donors (Lipinski definition) is 10. The van der Waals surface area contributed by atoms with Gasteiger partial charge in [0.25, 0.3) is 23.6 Å². The van der Waals surface area contributed by atoms with E-state index in [-0.39, 0.29) is 32.1 Å². The van der Waals surface area contributed by atoms with E-state index in [0.717, 1.165) is 44.9 Å². The van der Waals surface area contributed by atoms with Gasteiger partial charge in [0.2, 0.25) is 0 Å². The van der Waals surface area contributed by atoms with Gasteiger partial charge in [0.15, 0.2) is 0 Å². The zero-order chi connectivity index (χ0) is 58.3. The molecule has 0 radical (unpaired) electrons. The fourth-order valence-corrected chi connectivity index (χ4v) is 7.36. The van der Waals surface area contributed by atoms with Crippen LogP contribution in [0.3, 0.4) is 0 Å². The number of amides is 8. The summed E-state index contributed by atoms with van der Waals surface area (Å²) in [7, 11) is 0. The molecule has 0 unspecified atom stereocenters. The lowest BCUT2D eigenvalue weighted by atomic mass is 9.86. The van der Waals surface area contributed by atoms with E-state index in [9.17, 15) is 58.8 Å². The smallest absolute Gasteiger partial charge is 0.339 e. The number of carbonyl (C=O) groups excluding carboxylic acids is 8. The van der Waals surface area contributed by atoms with Crippen LogP contribution in [0, 0.1) is 0 Å². The van der Waals surface area contributed by atoms with Gasteiger partial charge in [0.1, 0.15) is 34.5 Å². The van der Waals surface area contributed by atoms with Gasteiger partial charge < -0.3 is 29.9 Å². The second-order valence-corrected chi connectivity index (χ2v) is 20.3. The van der Waals surface area contributed by atoms with Crippen LogP contribution in [0.5, 0.6) is 34.5 Å². The van der Waals surface area contributed by atoms with Gasteiger partial charge in [0.05, 0.1) is 35.5 Å². The van der Waals surface area contributed by atoms with Crippen LogP contribution < -0.4 is 42.9 Å². The van der Waals surface area contributed by atoms with Crippen molar-refractivity contribution < 1.29 is 68.3 Å². The number of unbranched alkanes of at least 4 members (excludes halogenated alkanes) is 10. The van der Waals surface area contributed by atoms with Gasteiger partial charge in [0, 0.05) is 12.1 Å². The molecule has 4 aromatic carbocycles. The Kier molecular flexibility index (Phi) is 25.0. The number of hydrogen-bond acceptors (Lipinski definition) is 16. The van der Waals surface area contributed by atoms with Crippen molar-refractivity contribution in [1.29, 1.82) is 0 Å². The van der Waals surface area contributed by atoms with E-state index in [4.69, 9.17) is 21.2 Å². The Morgan fingerprint density at radius 2 is 0.808 bits per heavy atom. The van der Waals surface area contributed by atoms with E-state index in [2.05, 4.69) is 19.3 Å². The van der Waals surface area contributed by atoms with E-state index >= 15 is 0 Å². The molecule has 0 atom stereocenters. The SMILES string of the molecule is CC(C)(C)c1ccc(O)c(C(=O)NN(C(=O)C(=O)NN)C(=O)c2cc(C(C)(C)C)ccc2O)c1.CCCCCCCCOc1ccc(C(=O)NN(C(=O)C(=O)NN)C(=O)c2ccc(OCCCCCCCC)cc2O)c(O)c1. The van der Waals surface area contributed by atoms with E-state index in [1.807, 2.05) is 47.0 Å². The predicted octanol–water partition coefficient (Wildman–Crippen LogP) is 6.88. The van der Waals surface area contributed by atoms with Gasteiger partial charge in [-0.1, -0.05) is 132 Å². The summed E-state index contributed by atoms with van der Waals surface area (Å²) < 4.78 is 11.3. The minimum absolute atomic E-state index is 0.110. The largest absolute Gasteiger partial charge is 0.507 e. The topological polar surface area (TPSA) is 343 Å². The number of nitrogens with zero attached hydrogens (tertiary/aromatic N) is 2. The van der Waals surface area contributed by atoms with Crippen LogP contribution in [0.15, 0.2) is 72.8 Å². The Morgan fingerprint density at radius 3 is 1.21 bits per heavy atom. The molecule has 22 nitrogen and oxygen atoms in total. The first-order valence-corrected chi connectivity index (χ1v) is 25.8. The number of ether oxygens (including phenoxy) is 2. The number of rotatable bonds is 20. The molecule has 0 fully saturated rings. The van der Waals surface area contributed by atoms with Crippen LogP contribution in [0.25, 0.3) is 0 Å². The fourth-order valence-electron chi connectivity index (χ4n) is 7.36. The maximum atomic E-state index is 13.2. The Labute approximate surface area is 454 Å². The lowest BCUT2D eigenvalue weighted by Crippen LogP contribution is -2.55. The molecule has 78 heavy (non-hydrogen) atoms. The zero-order valence-corrected chi connectivity index (χ0v) is 45.7. The molecule has 0 spiro atoms. The molecular weight excluding hydrogens is 1010 g/mol. The molecule has 0 aliphatic heterocycles. The molecule has 0 aromatic heterocycles. The molecule has 8 amide bonds. The first-order chi connectivity index (χ1) is 36.8. The highest BCUT2D eigenvalue weighted by Gasteiger charge is 2.35. The van der Waals surface area contributed by atoms with Crippen LogP contribution in [-0.2, 0) is 30.0 Å². The summed E-state index contributed by atoms with van der Waals surface area (Å²) in [6, 6.07) is 16.4. The number of imide groups is 2. The first kappa shape index (κ1) is 64.0. The van der Waals surface area contributed by atoms with Crippen molar-refractivity contribution in [3.05, 3.63) is 106 Å². The molecule has 0 heterocycles. The highest BCUT2D eigenvalue weighted by Crippen LogP contribution is 2.31. The quantitative estimate of drug-likeness (QED) is 0.0142.